The Labute approximate surface area is 184 Å². The summed E-state index contributed by atoms with van der Waals surface area (Å²) in [5.74, 6) is -0.263. The third kappa shape index (κ3) is 5.70. The van der Waals surface area contributed by atoms with Crippen LogP contribution in [-0.4, -0.2) is 62.3 Å². The van der Waals surface area contributed by atoms with Crippen molar-refractivity contribution < 1.29 is 17.6 Å². The lowest BCUT2D eigenvalue weighted by atomic mass is 9.96. The molecule has 0 aliphatic carbocycles. The highest BCUT2D eigenvalue weighted by Crippen LogP contribution is 2.20. The smallest absolute Gasteiger partial charge is 0.243 e. The zero-order chi connectivity index (χ0) is 22.4. The van der Waals surface area contributed by atoms with Crippen LogP contribution in [0.25, 0.3) is 0 Å². The molecule has 8 heteroatoms. The van der Waals surface area contributed by atoms with E-state index in [4.69, 9.17) is 0 Å². The molecule has 6 nitrogen and oxygen atoms in total. The van der Waals surface area contributed by atoms with Crippen molar-refractivity contribution in [2.24, 2.45) is 0 Å². The quantitative estimate of drug-likeness (QED) is 0.676. The van der Waals surface area contributed by atoms with Crippen molar-refractivity contribution >= 4 is 15.9 Å². The van der Waals surface area contributed by atoms with Crippen LogP contribution in [0.1, 0.15) is 31.7 Å². The number of nitrogens with one attached hydrogen (secondary N) is 1. The summed E-state index contributed by atoms with van der Waals surface area (Å²) in [6, 6.07) is 14.6. The number of nitrogens with zero attached hydrogens (tertiary/aromatic N) is 2. The van der Waals surface area contributed by atoms with Gasteiger partial charge in [-0.2, -0.15) is 4.31 Å². The number of hydrogen-bond acceptors (Lipinski definition) is 4. The minimum Gasteiger partial charge on any atom is -0.354 e. The fourth-order valence-corrected chi connectivity index (χ4v) is 5.27. The van der Waals surface area contributed by atoms with E-state index >= 15 is 0 Å². The van der Waals surface area contributed by atoms with Crippen LogP contribution in [0.4, 0.5) is 4.39 Å². The van der Waals surface area contributed by atoms with Crippen molar-refractivity contribution in [1.82, 2.24) is 14.5 Å². The molecular weight excluding hydrogens is 417 g/mol. The van der Waals surface area contributed by atoms with Crippen molar-refractivity contribution in [3.05, 3.63) is 66.0 Å². The molecule has 0 aromatic heterocycles. The number of piperazine rings is 1. The summed E-state index contributed by atoms with van der Waals surface area (Å²) in [5, 5.41) is 3.05. The molecule has 0 spiro atoms. The number of hydrogen-bond donors (Lipinski definition) is 1. The summed E-state index contributed by atoms with van der Waals surface area (Å²) in [5.41, 5.74) is 1.21. The van der Waals surface area contributed by atoms with E-state index in [1.54, 1.807) is 0 Å². The van der Waals surface area contributed by atoms with Crippen LogP contribution in [0.15, 0.2) is 59.5 Å². The Balaban J connectivity index is 1.53. The zero-order valence-corrected chi connectivity index (χ0v) is 18.8. The van der Waals surface area contributed by atoms with Crippen molar-refractivity contribution in [2.75, 3.05) is 32.7 Å². The van der Waals surface area contributed by atoms with Crippen molar-refractivity contribution in [1.29, 1.82) is 0 Å². The maximum absolute atomic E-state index is 13.1. The van der Waals surface area contributed by atoms with Gasteiger partial charge in [-0.25, -0.2) is 12.8 Å². The molecule has 31 heavy (non-hydrogen) atoms. The van der Waals surface area contributed by atoms with Gasteiger partial charge < -0.3 is 5.32 Å². The molecule has 1 fully saturated rings. The first-order chi connectivity index (χ1) is 14.8. The Morgan fingerprint density at radius 2 is 1.65 bits per heavy atom. The van der Waals surface area contributed by atoms with Crippen LogP contribution in [0.5, 0.6) is 0 Å². The Hall–Kier alpha value is -2.29. The molecule has 0 bridgehead atoms. The number of amides is 1. The molecule has 2 aromatic carbocycles. The largest absolute Gasteiger partial charge is 0.354 e. The van der Waals surface area contributed by atoms with Gasteiger partial charge in [-0.15, -0.1) is 0 Å². The minimum absolute atomic E-state index is 0.0516. The Morgan fingerprint density at radius 3 is 2.23 bits per heavy atom. The fraction of sp³-hybridized carbons (Fsp3) is 0.435. The number of carbonyl (C=O) groups is 1. The molecule has 1 heterocycles. The van der Waals surface area contributed by atoms with Gasteiger partial charge >= 0.3 is 0 Å². The normalized spacial score (nSPS) is 17.8. The van der Waals surface area contributed by atoms with Gasteiger partial charge in [0.15, 0.2) is 0 Å². The molecule has 1 N–H and O–H groups in total. The van der Waals surface area contributed by atoms with Gasteiger partial charge in [0.2, 0.25) is 15.9 Å². The minimum atomic E-state index is -3.66. The van der Waals surface area contributed by atoms with Crippen LogP contribution < -0.4 is 5.32 Å². The third-order valence-corrected chi connectivity index (χ3v) is 7.85. The predicted octanol–water partition coefficient (Wildman–Crippen LogP) is 2.83. The second-order valence-electron chi connectivity index (χ2n) is 7.83. The Kier molecular flexibility index (Phi) is 7.80. The predicted molar refractivity (Wildman–Crippen MR) is 119 cm³/mol. The van der Waals surface area contributed by atoms with Gasteiger partial charge in [-0.3, -0.25) is 9.69 Å². The van der Waals surface area contributed by atoms with Crippen molar-refractivity contribution in [2.45, 2.75) is 37.1 Å². The van der Waals surface area contributed by atoms with Crippen LogP contribution in [0, 0.1) is 5.82 Å². The highest BCUT2D eigenvalue weighted by atomic mass is 32.2. The van der Waals surface area contributed by atoms with E-state index < -0.39 is 15.8 Å². The SMILES string of the molecule is CC[C@H](CNC(=O)[C@@H](C)N1CCN(S(=O)(=O)c2ccc(F)cc2)CC1)c1ccccc1. The lowest BCUT2D eigenvalue weighted by molar-refractivity contribution is -0.126. The van der Waals surface area contributed by atoms with E-state index in [0.717, 1.165) is 18.6 Å². The summed E-state index contributed by atoms with van der Waals surface area (Å²) in [7, 11) is -3.66. The number of halogens is 1. The molecule has 0 unspecified atom stereocenters. The molecule has 0 saturated carbocycles. The maximum atomic E-state index is 13.1. The Bertz CT molecular complexity index is 959. The molecule has 0 radical (unpaired) electrons. The first kappa shape index (κ1) is 23.4. The van der Waals surface area contributed by atoms with E-state index in [0.29, 0.717) is 32.7 Å². The first-order valence-electron chi connectivity index (χ1n) is 10.7. The third-order valence-electron chi connectivity index (χ3n) is 5.94. The summed E-state index contributed by atoms with van der Waals surface area (Å²) in [6.07, 6.45) is 0.929. The van der Waals surface area contributed by atoms with Crippen molar-refractivity contribution in [3.8, 4) is 0 Å². The number of carbonyl (C=O) groups excluding carboxylic acids is 1. The fourth-order valence-electron chi connectivity index (χ4n) is 3.85. The monoisotopic (exact) mass is 447 g/mol. The van der Waals surface area contributed by atoms with E-state index in [2.05, 4.69) is 24.4 Å². The topological polar surface area (TPSA) is 69.7 Å². The summed E-state index contributed by atoms with van der Waals surface area (Å²) < 4.78 is 40.0. The molecule has 1 amide bonds. The zero-order valence-electron chi connectivity index (χ0n) is 18.0. The number of rotatable bonds is 8. The van der Waals surface area contributed by atoms with Crippen LogP contribution >= 0.6 is 0 Å². The highest BCUT2D eigenvalue weighted by molar-refractivity contribution is 7.89. The Morgan fingerprint density at radius 1 is 1.03 bits per heavy atom. The van der Waals surface area contributed by atoms with Crippen LogP contribution in [0.2, 0.25) is 0 Å². The summed E-state index contributed by atoms with van der Waals surface area (Å²) in [4.78, 5) is 14.8. The first-order valence-corrected chi connectivity index (χ1v) is 12.1. The van der Waals surface area contributed by atoms with Gasteiger partial charge in [0, 0.05) is 38.6 Å². The van der Waals surface area contributed by atoms with E-state index in [9.17, 15) is 17.6 Å². The lowest BCUT2D eigenvalue weighted by Gasteiger charge is -2.36. The molecule has 3 rings (SSSR count). The molecule has 168 valence electrons. The highest BCUT2D eigenvalue weighted by Gasteiger charge is 2.31. The molecule has 2 aromatic rings. The number of benzene rings is 2. The van der Waals surface area contributed by atoms with Crippen molar-refractivity contribution in [3.63, 3.8) is 0 Å². The van der Waals surface area contributed by atoms with Gasteiger partial charge in [0.25, 0.3) is 0 Å². The standard InChI is InChI=1S/C23H30FN3O3S/c1-3-19(20-7-5-4-6-8-20)17-25-23(28)18(2)26-13-15-27(16-14-26)31(29,30)22-11-9-21(24)10-12-22/h4-12,18-19H,3,13-17H2,1-2H3,(H,25,28)/t18-,19-/m1/s1. The second kappa shape index (κ2) is 10.3. The van der Waals surface area contributed by atoms with E-state index in [-0.39, 0.29) is 22.8 Å². The number of sulfonamides is 1. The molecule has 1 aliphatic heterocycles. The lowest BCUT2D eigenvalue weighted by Crippen LogP contribution is -2.55. The molecule has 1 saturated heterocycles. The van der Waals surface area contributed by atoms with Crippen LogP contribution in [0.3, 0.4) is 0 Å². The average molecular weight is 448 g/mol. The summed E-state index contributed by atoms with van der Waals surface area (Å²) >= 11 is 0. The van der Waals surface area contributed by atoms with E-state index in [1.807, 2.05) is 30.0 Å². The van der Waals surface area contributed by atoms with Gasteiger partial charge in [0.05, 0.1) is 10.9 Å². The van der Waals surface area contributed by atoms with Gasteiger partial charge in [-0.1, -0.05) is 37.3 Å². The average Bonchev–Trinajstić information content (AvgIpc) is 2.80. The molecule has 2 atom stereocenters. The van der Waals surface area contributed by atoms with E-state index in [1.165, 1.54) is 22.0 Å². The molecule has 1 aliphatic rings. The maximum Gasteiger partial charge on any atom is 0.243 e. The van der Waals surface area contributed by atoms with Gasteiger partial charge in [0.1, 0.15) is 5.82 Å². The van der Waals surface area contributed by atoms with Gasteiger partial charge in [-0.05, 0) is 43.2 Å². The summed E-state index contributed by atoms with van der Waals surface area (Å²) in [6.45, 7) is 6.03. The molecular formula is C23H30FN3O3S. The van der Waals surface area contributed by atoms with Crippen LogP contribution in [-0.2, 0) is 14.8 Å². The second-order valence-corrected chi connectivity index (χ2v) is 9.77.